The Kier molecular flexibility index (Phi) is 4.43. The summed E-state index contributed by atoms with van der Waals surface area (Å²) >= 11 is 0. The normalized spacial score (nSPS) is 18.0. The minimum atomic E-state index is -0.239. The molecule has 1 atom stereocenters. The van der Waals surface area contributed by atoms with Crippen molar-refractivity contribution in [3.63, 3.8) is 0 Å². The van der Waals surface area contributed by atoms with Crippen molar-refractivity contribution in [2.24, 2.45) is 0 Å². The Balaban J connectivity index is 1.51. The largest absolute Gasteiger partial charge is 0.368 e. The van der Waals surface area contributed by atoms with Gasteiger partial charge in [0.15, 0.2) is 0 Å². The predicted octanol–water partition coefficient (Wildman–Crippen LogP) is 2.41. The summed E-state index contributed by atoms with van der Waals surface area (Å²) in [4.78, 5) is 19.9. The quantitative estimate of drug-likeness (QED) is 0.833. The van der Waals surface area contributed by atoms with Gasteiger partial charge < -0.3 is 15.0 Å². The summed E-state index contributed by atoms with van der Waals surface area (Å²) in [5.41, 5.74) is 4.63. The van der Waals surface area contributed by atoms with Crippen LogP contribution in [-0.2, 0) is 16.0 Å². The molecule has 0 saturated carbocycles. The summed E-state index contributed by atoms with van der Waals surface area (Å²) in [6, 6.07) is 4.19. The van der Waals surface area contributed by atoms with Crippen molar-refractivity contribution in [1.82, 2.24) is 15.3 Å². The first kappa shape index (κ1) is 15.0. The molecule has 1 saturated heterocycles. The van der Waals surface area contributed by atoms with E-state index < -0.39 is 0 Å². The van der Waals surface area contributed by atoms with E-state index in [-0.39, 0.29) is 12.0 Å². The van der Waals surface area contributed by atoms with Crippen LogP contribution in [0.25, 0.3) is 11.0 Å². The van der Waals surface area contributed by atoms with Crippen molar-refractivity contribution < 1.29 is 9.53 Å². The molecule has 2 N–H and O–H groups in total. The molecule has 1 aromatic carbocycles. The molecule has 1 aromatic heterocycles. The molecule has 22 heavy (non-hydrogen) atoms. The van der Waals surface area contributed by atoms with Crippen LogP contribution in [0.15, 0.2) is 12.1 Å². The van der Waals surface area contributed by atoms with E-state index in [0.29, 0.717) is 13.2 Å². The molecule has 0 aliphatic carbocycles. The van der Waals surface area contributed by atoms with Crippen LogP contribution >= 0.6 is 0 Å². The maximum atomic E-state index is 11.8. The van der Waals surface area contributed by atoms with E-state index in [0.717, 1.165) is 42.5 Å². The van der Waals surface area contributed by atoms with Gasteiger partial charge in [-0.15, -0.1) is 0 Å². The molecule has 2 heterocycles. The lowest BCUT2D eigenvalue weighted by Gasteiger charge is -2.09. The molecule has 1 amide bonds. The molecule has 5 nitrogen and oxygen atoms in total. The molecule has 0 bridgehead atoms. The van der Waals surface area contributed by atoms with Crippen LogP contribution in [0.2, 0.25) is 0 Å². The van der Waals surface area contributed by atoms with Crippen molar-refractivity contribution in [3.8, 4) is 0 Å². The van der Waals surface area contributed by atoms with Gasteiger partial charge in [-0.05, 0) is 50.3 Å². The lowest BCUT2D eigenvalue weighted by molar-refractivity contribution is -0.130. The molecule has 1 fully saturated rings. The standard InChI is InChI=1S/C17H23N3O2/c1-11-7-8-13-16(12(11)2)20-15(19-13)6-3-9-18-17(21)14-5-4-10-22-14/h7-8,14H,3-6,9-10H2,1-2H3,(H,18,21)(H,19,20)/t14-/m1/s1. The number of aromatic nitrogens is 2. The smallest absolute Gasteiger partial charge is 0.249 e. The fraction of sp³-hybridized carbons (Fsp3) is 0.529. The molecule has 0 unspecified atom stereocenters. The molecule has 3 rings (SSSR count). The van der Waals surface area contributed by atoms with Crippen molar-refractivity contribution in [2.45, 2.75) is 45.6 Å². The van der Waals surface area contributed by atoms with Crippen molar-refractivity contribution in [1.29, 1.82) is 0 Å². The highest BCUT2D eigenvalue weighted by atomic mass is 16.5. The van der Waals surface area contributed by atoms with Gasteiger partial charge in [0, 0.05) is 19.6 Å². The number of rotatable bonds is 5. The van der Waals surface area contributed by atoms with E-state index in [9.17, 15) is 4.79 Å². The Morgan fingerprint density at radius 1 is 1.45 bits per heavy atom. The van der Waals surface area contributed by atoms with Crippen LogP contribution in [0.1, 0.15) is 36.2 Å². The molecule has 5 heteroatoms. The third-order valence-corrected chi connectivity index (χ3v) is 4.34. The number of benzene rings is 1. The van der Waals surface area contributed by atoms with Gasteiger partial charge in [-0.3, -0.25) is 4.79 Å². The van der Waals surface area contributed by atoms with Gasteiger partial charge in [0.05, 0.1) is 11.0 Å². The number of nitrogens with zero attached hydrogens (tertiary/aromatic N) is 1. The Morgan fingerprint density at radius 3 is 3.09 bits per heavy atom. The molecular formula is C17H23N3O2. The van der Waals surface area contributed by atoms with Gasteiger partial charge in [-0.25, -0.2) is 4.98 Å². The van der Waals surface area contributed by atoms with Crippen molar-refractivity contribution in [2.75, 3.05) is 13.2 Å². The Labute approximate surface area is 130 Å². The zero-order valence-corrected chi connectivity index (χ0v) is 13.2. The first-order valence-electron chi connectivity index (χ1n) is 7.99. The number of aryl methyl sites for hydroxylation is 3. The number of carbonyl (C=O) groups excluding carboxylic acids is 1. The van der Waals surface area contributed by atoms with E-state index in [1.165, 1.54) is 11.1 Å². The number of amides is 1. The van der Waals surface area contributed by atoms with Gasteiger partial charge in [-0.2, -0.15) is 0 Å². The summed E-state index contributed by atoms with van der Waals surface area (Å²) in [7, 11) is 0. The number of hydrogen-bond acceptors (Lipinski definition) is 3. The maximum absolute atomic E-state index is 11.8. The van der Waals surface area contributed by atoms with Crippen molar-refractivity contribution >= 4 is 16.9 Å². The lowest BCUT2D eigenvalue weighted by Crippen LogP contribution is -2.34. The molecular weight excluding hydrogens is 278 g/mol. The second kappa shape index (κ2) is 6.48. The number of nitrogens with one attached hydrogen (secondary N) is 2. The Hall–Kier alpha value is -1.88. The van der Waals surface area contributed by atoms with Crippen LogP contribution in [0.4, 0.5) is 0 Å². The highest BCUT2D eigenvalue weighted by Crippen LogP contribution is 2.19. The predicted molar refractivity (Wildman–Crippen MR) is 85.9 cm³/mol. The molecule has 2 aromatic rings. The van der Waals surface area contributed by atoms with Crippen LogP contribution < -0.4 is 5.32 Å². The number of fused-ring (bicyclic) bond motifs is 1. The average Bonchev–Trinajstić information content (AvgIpc) is 3.16. The maximum Gasteiger partial charge on any atom is 0.249 e. The summed E-state index contributed by atoms with van der Waals surface area (Å²) < 4.78 is 5.36. The van der Waals surface area contributed by atoms with E-state index >= 15 is 0 Å². The molecule has 1 aliphatic rings. The number of hydrogen-bond donors (Lipinski definition) is 2. The molecule has 1 aliphatic heterocycles. The fourth-order valence-electron chi connectivity index (χ4n) is 2.85. The third-order valence-electron chi connectivity index (χ3n) is 4.34. The highest BCUT2D eigenvalue weighted by molar-refractivity contribution is 5.81. The summed E-state index contributed by atoms with van der Waals surface area (Å²) in [6.07, 6.45) is 3.29. The van der Waals surface area contributed by atoms with Crippen LogP contribution in [-0.4, -0.2) is 35.1 Å². The fourth-order valence-corrected chi connectivity index (χ4v) is 2.85. The van der Waals surface area contributed by atoms with E-state index in [2.05, 4.69) is 41.3 Å². The molecule has 118 valence electrons. The Morgan fingerprint density at radius 2 is 2.32 bits per heavy atom. The zero-order chi connectivity index (χ0) is 15.5. The van der Waals surface area contributed by atoms with Gasteiger partial charge in [-0.1, -0.05) is 6.07 Å². The number of carbonyl (C=O) groups is 1. The van der Waals surface area contributed by atoms with E-state index in [4.69, 9.17) is 4.74 Å². The first-order valence-corrected chi connectivity index (χ1v) is 7.99. The van der Waals surface area contributed by atoms with Gasteiger partial charge >= 0.3 is 0 Å². The highest BCUT2D eigenvalue weighted by Gasteiger charge is 2.22. The van der Waals surface area contributed by atoms with Gasteiger partial charge in [0.2, 0.25) is 5.91 Å². The molecule has 0 radical (unpaired) electrons. The summed E-state index contributed by atoms with van der Waals surface area (Å²) in [5, 5.41) is 2.94. The van der Waals surface area contributed by atoms with Crippen molar-refractivity contribution in [3.05, 3.63) is 29.1 Å². The summed E-state index contributed by atoms with van der Waals surface area (Å²) in [5.74, 6) is 1.00. The second-order valence-corrected chi connectivity index (χ2v) is 5.98. The number of imidazole rings is 1. The minimum absolute atomic E-state index is 0.0218. The van der Waals surface area contributed by atoms with E-state index in [1.807, 2.05) is 0 Å². The molecule has 0 spiro atoms. The Bertz CT molecular complexity index is 672. The zero-order valence-electron chi connectivity index (χ0n) is 13.2. The topological polar surface area (TPSA) is 67.0 Å². The number of aromatic amines is 1. The monoisotopic (exact) mass is 301 g/mol. The van der Waals surface area contributed by atoms with Crippen LogP contribution in [0.5, 0.6) is 0 Å². The van der Waals surface area contributed by atoms with Crippen LogP contribution in [0, 0.1) is 13.8 Å². The van der Waals surface area contributed by atoms with Gasteiger partial charge in [0.25, 0.3) is 0 Å². The second-order valence-electron chi connectivity index (χ2n) is 5.98. The average molecular weight is 301 g/mol. The SMILES string of the molecule is Cc1ccc2[nH]c(CCCNC(=O)[C@H]3CCCO3)nc2c1C. The number of H-pyrrole nitrogens is 1. The first-order chi connectivity index (χ1) is 10.6. The third kappa shape index (κ3) is 3.14. The summed E-state index contributed by atoms with van der Waals surface area (Å²) in [6.45, 7) is 5.57. The lowest BCUT2D eigenvalue weighted by atomic mass is 10.1. The van der Waals surface area contributed by atoms with Gasteiger partial charge in [0.1, 0.15) is 11.9 Å². The van der Waals surface area contributed by atoms with E-state index in [1.54, 1.807) is 0 Å². The van der Waals surface area contributed by atoms with Crippen LogP contribution in [0.3, 0.4) is 0 Å². The minimum Gasteiger partial charge on any atom is -0.368 e. The number of ether oxygens (including phenoxy) is 1.